The Bertz CT molecular complexity index is 379. The Labute approximate surface area is 108 Å². The molecule has 1 aliphatic carbocycles. The van der Waals surface area contributed by atoms with Crippen molar-refractivity contribution in [2.75, 3.05) is 20.7 Å². The van der Waals surface area contributed by atoms with E-state index in [1.807, 2.05) is 32.2 Å². The van der Waals surface area contributed by atoms with Gasteiger partial charge in [-0.1, -0.05) is 36.4 Å². The summed E-state index contributed by atoms with van der Waals surface area (Å²) in [7, 11) is 2.91. The number of hydrogen-bond donors (Lipinski definition) is 2. The van der Waals surface area contributed by atoms with Crippen LogP contribution >= 0.6 is 11.6 Å². The zero-order valence-electron chi connectivity index (χ0n) is 10.5. The summed E-state index contributed by atoms with van der Waals surface area (Å²) < 4.78 is 0. The van der Waals surface area contributed by atoms with E-state index in [0.29, 0.717) is 5.16 Å². The van der Waals surface area contributed by atoms with Crippen molar-refractivity contribution >= 4 is 17.3 Å². The number of halogens is 1. The quantitative estimate of drug-likeness (QED) is 0.760. The van der Waals surface area contributed by atoms with Crippen LogP contribution in [-0.4, -0.2) is 31.5 Å². The molecule has 17 heavy (non-hydrogen) atoms. The van der Waals surface area contributed by atoms with E-state index < -0.39 is 0 Å². The molecule has 0 aliphatic heterocycles. The molecule has 0 atom stereocenters. The van der Waals surface area contributed by atoms with Crippen molar-refractivity contribution in [2.45, 2.75) is 6.92 Å². The highest BCUT2D eigenvalue weighted by molar-refractivity contribution is 6.30. The lowest BCUT2D eigenvalue weighted by Gasteiger charge is -2.10. The zero-order valence-corrected chi connectivity index (χ0v) is 11.3. The molecular weight excluding hydrogens is 236 g/mol. The zero-order chi connectivity index (χ0) is 13.3. The first kappa shape index (κ1) is 15.8. The fourth-order valence-electron chi connectivity index (χ4n) is 1.21. The van der Waals surface area contributed by atoms with Crippen molar-refractivity contribution < 1.29 is 5.11 Å². The number of aliphatic hydroxyl groups is 1. The minimum absolute atomic E-state index is 0.488. The normalized spacial score (nSPS) is 17.7. The van der Waals surface area contributed by atoms with Gasteiger partial charge >= 0.3 is 0 Å². The molecular formula is C13H19ClN2O. The summed E-state index contributed by atoms with van der Waals surface area (Å²) in [5, 5.41) is 10.6. The monoisotopic (exact) mass is 254 g/mol. The van der Waals surface area contributed by atoms with Gasteiger partial charge in [0.05, 0.1) is 5.71 Å². The van der Waals surface area contributed by atoms with Crippen LogP contribution in [0.15, 0.2) is 52.2 Å². The van der Waals surface area contributed by atoms with Gasteiger partial charge < -0.3 is 10.4 Å². The molecule has 0 radical (unpaired) electrons. The van der Waals surface area contributed by atoms with Crippen LogP contribution in [0.1, 0.15) is 6.92 Å². The number of aliphatic imine (C=N–C) groups is 1. The number of aliphatic hydroxyl groups excluding tert-OH is 1. The van der Waals surface area contributed by atoms with Crippen molar-refractivity contribution in [1.29, 1.82) is 0 Å². The summed E-state index contributed by atoms with van der Waals surface area (Å²) >= 11 is 5.85. The topological polar surface area (TPSA) is 44.6 Å². The van der Waals surface area contributed by atoms with Gasteiger partial charge in [-0.2, -0.15) is 0 Å². The molecule has 1 rings (SSSR count). The third-order valence-corrected chi connectivity index (χ3v) is 2.30. The number of rotatable bonds is 3. The predicted molar refractivity (Wildman–Crippen MR) is 75.5 cm³/mol. The molecule has 0 aromatic heterocycles. The van der Waals surface area contributed by atoms with Crippen LogP contribution in [0.5, 0.6) is 0 Å². The molecule has 0 amide bonds. The van der Waals surface area contributed by atoms with Gasteiger partial charge in [0, 0.05) is 13.7 Å². The lowest BCUT2D eigenvalue weighted by molar-refractivity contribution is 0.399. The number of hydrogen-bond acceptors (Lipinski definition) is 3. The van der Waals surface area contributed by atoms with E-state index in [4.69, 9.17) is 16.7 Å². The second-order valence-electron chi connectivity index (χ2n) is 3.22. The van der Waals surface area contributed by atoms with E-state index >= 15 is 0 Å². The standard InChI is InChI=1S/C12H15ClN2.CH4O/c1-4-12(13)15-11-7-10(8-14-3)6-5-9(11)2;1-2/h4-7,14H,2,8H2,1,3H3;2H,1H3/b12-4-,15-11-;. The molecule has 0 aromatic rings. The smallest absolute Gasteiger partial charge is 0.125 e. The van der Waals surface area contributed by atoms with Crippen LogP contribution in [0.4, 0.5) is 0 Å². The Morgan fingerprint density at radius 3 is 2.71 bits per heavy atom. The number of nitrogens with zero attached hydrogens (tertiary/aromatic N) is 1. The summed E-state index contributed by atoms with van der Waals surface area (Å²) in [5.74, 6) is 0. The van der Waals surface area contributed by atoms with Crippen molar-refractivity contribution in [2.24, 2.45) is 4.99 Å². The Morgan fingerprint density at radius 1 is 1.53 bits per heavy atom. The van der Waals surface area contributed by atoms with E-state index in [9.17, 15) is 0 Å². The second kappa shape index (κ2) is 8.93. The molecule has 0 saturated carbocycles. The van der Waals surface area contributed by atoms with Gasteiger partial charge in [0.1, 0.15) is 5.16 Å². The molecule has 0 unspecified atom stereocenters. The minimum atomic E-state index is 0.488. The first-order valence-electron chi connectivity index (χ1n) is 5.25. The molecule has 0 heterocycles. The first-order valence-corrected chi connectivity index (χ1v) is 5.63. The largest absolute Gasteiger partial charge is 0.400 e. The maximum absolute atomic E-state index is 7.00. The van der Waals surface area contributed by atoms with Crippen molar-refractivity contribution in [1.82, 2.24) is 5.32 Å². The van der Waals surface area contributed by atoms with Gasteiger partial charge in [-0.15, -0.1) is 0 Å². The van der Waals surface area contributed by atoms with E-state index in [1.165, 1.54) is 5.57 Å². The summed E-state index contributed by atoms with van der Waals surface area (Å²) in [6, 6.07) is 0. The van der Waals surface area contributed by atoms with Crippen LogP contribution in [0.2, 0.25) is 0 Å². The maximum Gasteiger partial charge on any atom is 0.125 e. The predicted octanol–water partition coefficient (Wildman–Crippen LogP) is 2.41. The van der Waals surface area contributed by atoms with Gasteiger partial charge in [0.15, 0.2) is 0 Å². The van der Waals surface area contributed by atoms with Crippen molar-refractivity contribution in [3.05, 3.63) is 47.2 Å². The minimum Gasteiger partial charge on any atom is -0.400 e. The van der Waals surface area contributed by atoms with Gasteiger partial charge in [-0.25, -0.2) is 4.99 Å². The first-order chi connectivity index (χ1) is 8.17. The Balaban J connectivity index is 0.00000121. The molecule has 94 valence electrons. The Kier molecular flexibility index (Phi) is 8.32. The van der Waals surface area contributed by atoms with Crippen molar-refractivity contribution in [3.8, 4) is 0 Å². The molecule has 1 aliphatic rings. The fourth-order valence-corrected chi connectivity index (χ4v) is 1.30. The maximum atomic E-state index is 7.00. The number of likely N-dealkylation sites (N-methyl/N-ethyl adjacent to an activating group) is 1. The van der Waals surface area contributed by atoms with E-state index in [2.05, 4.69) is 16.9 Å². The van der Waals surface area contributed by atoms with Crippen LogP contribution < -0.4 is 5.32 Å². The molecule has 0 saturated heterocycles. The summed E-state index contributed by atoms with van der Waals surface area (Å²) in [6.45, 7) is 6.58. The molecule has 0 spiro atoms. The number of nitrogens with one attached hydrogen (secondary N) is 1. The van der Waals surface area contributed by atoms with E-state index in [0.717, 1.165) is 24.9 Å². The molecule has 2 N–H and O–H groups in total. The van der Waals surface area contributed by atoms with Gasteiger partial charge in [-0.3, -0.25) is 0 Å². The van der Waals surface area contributed by atoms with Crippen LogP contribution in [0.25, 0.3) is 0 Å². The molecule has 0 bridgehead atoms. The fraction of sp³-hybridized carbons (Fsp3) is 0.308. The Hall–Kier alpha value is -1.16. The van der Waals surface area contributed by atoms with Gasteiger partial charge in [0.2, 0.25) is 0 Å². The average Bonchev–Trinajstić information content (AvgIpc) is 2.36. The lowest BCUT2D eigenvalue weighted by Crippen LogP contribution is -2.13. The SMILES string of the molecule is C=C1C=CC(CNC)=C/C1=N/C(Cl)=C\C.CO. The summed E-state index contributed by atoms with van der Waals surface area (Å²) in [6.07, 6.45) is 7.73. The highest BCUT2D eigenvalue weighted by atomic mass is 35.5. The summed E-state index contributed by atoms with van der Waals surface area (Å²) in [4.78, 5) is 4.26. The number of allylic oxidation sites excluding steroid dienone is 4. The average molecular weight is 255 g/mol. The van der Waals surface area contributed by atoms with E-state index in [-0.39, 0.29) is 0 Å². The van der Waals surface area contributed by atoms with Crippen LogP contribution in [0.3, 0.4) is 0 Å². The van der Waals surface area contributed by atoms with Gasteiger partial charge in [0.25, 0.3) is 0 Å². The highest BCUT2D eigenvalue weighted by Gasteiger charge is 2.06. The second-order valence-corrected chi connectivity index (χ2v) is 3.60. The highest BCUT2D eigenvalue weighted by Crippen LogP contribution is 2.14. The van der Waals surface area contributed by atoms with Crippen LogP contribution in [0, 0.1) is 0 Å². The molecule has 0 aromatic carbocycles. The molecule has 4 heteroatoms. The van der Waals surface area contributed by atoms with Crippen molar-refractivity contribution in [3.63, 3.8) is 0 Å². The van der Waals surface area contributed by atoms with Crippen LogP contribution in [-0.2, 0) is 0 Å². The van der Waals surface area contributed by atoms with Gasteiger partial charge in [-0.05, 0) is 31.2 Å². The molecule has 0 fully saturated rings. The Morgan fingerprint density at radius 2 is 2.18 bits per heavy atom. The molecule has 3 nitrogen and oxygen atoms in total. The third kappa shape index (κ3) is 5.63. The lowest BCUT2D eigenvalue weighted by atomic mass is 10.0. The summed E-state index contributed by atoms with van der Waals surface area (Å²) in [5.41, 5.74) is 2.88. The third-order valence-electron chi connectivity index (χ3n) is 2.00. The van der Waals surface area contributed by atoms with E-state index in [1.54, 1.807) is 6.08 Å².